The molecule has 6 heteroatoms. The Bertz CT molecular complexity index is 902. The number of rotatable bonds is 2. The highest BCUT2D eigenvalue weighted by Crippen LogP contribution is 2.34. The quantitative estimate of drug-likeness (QED) is 0.606. The fourth-order valence-electron chi connectivity index (χ4n) is 2.25. The monoisotopic (exact) mass is 365 g/mol. The molecule has 0 fully saturated rings. The van der Waals surface area contributed by atoms with Crippen molar-refractivity contribution >= 4 is 57.2 Å². The lowest BCUT2D eigenvalue weighted by Gasteiger charge is -2.11. The van der Waals surface area contributed by atoms with Gasteiger partial charge in [-0.2, -0.15) is 0 Å². The Balaban J connectivity index is 2.00. The maximum Gasteiger partial charge on any atom is 0.259 e. The van der Waals surface area contributed by atoms with Gasteiger partial charge in [0.1, 0.15) is 5.75 Å². The molecule has 3 rings (SSSR count). The molecular formula is C17H10Cl3NO2. The second kappa shape index (κ2) is 6.28. The number of anilines is 1. The molecule has 0 aromatic heterocycles. The summed E-state index contributed by atoms with van der Waals surface area (Å²) in [6.45, 7) is 0. The average molecular weight is 367 g/mol. The van der Waals surface area contributed by atoms with Crippen LogP contribution in [0.1, 0.15) is 10.4 Å². The fourth-order valence-corrected chi connectivity index (χ4v) is 3.16. The number of carbonyl (C=O) groups is 1. The first kappa shape index (κ1) is 15.9. The van der Waals surface area contributed by atoms with Gasteiger partial charge in [-0.05, 0) is 35.0 Å². The Morgan fingerprint density at radius 1 is 0.913 bits per heavy atom. The van der Waals surface area contributed by atoms with Crippen LogP contribution in [0.4, 0.5) is 5.69 Å². The van der Waals surface area contributed by atoms with Gasteiger partial charge in [-0.25, -0.2) is 0 Å². The number of phenolic OH excluding ortho intramolecular Hbond substituents is 1. The third-order valence-electron chi connectivity index (χ3n) is 3.35. The summed E-state index contributed by atoms with van der Waals surface area (Å²) < 4.78 is 0. The zero-order valence-corrected chi connectivity index (χ0v) is 13.9. The number of phenols is 1. The summed E-state index contributed by atoms with van der Waals surface area (Å²) >= 11 is 18.0. The summed E-state index contributed by atoms with van der Waals surface area (Å²) in [4.78, 5) is 12.4. The number of benzene rings is 3. The Kier molecular flexibility index (Phi) is 4.35. The predicted molar refractivity (Wildman–Crippen MR) is 95.0 cm³/mol. The molecule has 0 atom stereocenters. The molecule has 3 aromatic rings. The van der Waals surface area contributed by atoms with Gasteiger partial charge in [0, 0.05) is 5.02 Å². The van der Waals surface area contributed by atoms with Gasteiger partial charge in [0.05, 0.1) is 21.3 Å². The van der Waals surface area contributed by atoms with Crippen LogP contribution in [0.25, 0.3) is 10.8 Å². The van der Waals surface area contributed by atoms with Gasteiger partial charge in [-0.3, -0.25) is 4.79 Å². The molecule has 0 aliphatic carbocycles. The van der Waals surface area contributed by atoms with E-state index in [-0.39, 0.29) is 27.0 Å². The average Bonchev–Trinajstić information content (AvgIpc) is 2.50. The second-order valence-electron chi connectivity index (χ2n) is 4.92. The van der Waals surface area contributed by atoms with E-state index in [1.807, 2.05) is 24.3 Å². The number of aromatic hydroxyl groups is 1. The summed E-state index contributed by atoms with van der Waals surface area (Å²) in [6.07, 6.45) is 0. The molecule has 116 valence electrons. The SMILES string of the molecule is O=C(Nc1c(Cl)cc(Cl)cc1Cl)c1cc2ccccc2cc1O. The third kappa shape index (κ3) is 3.22. The lowest BCUT2D eigenvalue weighted by molar-refractivity contribution is 0.102. The lowest BCUT2D eigenvalue weighted by Crippen LogP contribution is -2.13. The van der Waals surface area contributed by atoms with Crippen molar-refractivity contribution in [2.75, 3.05) is 5.32 Å². The van der Waals surface area contributed by atoms with Crippen LogP contribution in [0, 0.1) is 0 Å². The van der Waals surface area contributed by atoms with Crippen LogP contribution in [0.3, 0.4) is 0 Å². The van der Waals surface area contributed by atoms with Crippen LogP contribution >= 0.6 is 34.8 Å². The van der Waals surface area contributed by atoms with E-state index in [9.17, 15) is 9.90 Å². The zero-order chi connectivity index (χ0) is 16.6. The minimum atomic E-state index is -0.514. The number of amides is 1. The van der Waals surface area contributed by atoms with E-state index in [2.05, 4.69) is 5.32 Å². The highest BCUT2D eigenvalue weighted by atomic mass is 35.5. The van der Waals surface area contributed by atoms with Crippen molar-refractivity contribution in [1.29, 1.82) is 0 Å². The largest absolute Gasteiger partial charge is 0.507 e. The first-order chi connectivity index (χ1) is 11.0. The fraction of sp³-hybridized carbons (Fsp3) is 0. The van der Waals surface area contributed by atoms with Crippen LogP contribution < -0.4 is 5.32 Å². The summed E-state index contributed by atoms with van der Waals surface area (Å²) in [5.41, 5.74) is 0.376. The predicted octanol–water partition coefficient (Wildman–Crippen LogP) is 5.76. The van der Waals surface area contributed by atoms with E-state index in [1.165, 1.54) is 18.2 Å². The second-order valence-corrected chi connectivity index (χ2v) is 6.17. The van der Waals surface area contributed by atoms with Crippen molar-refractivity contribution in [3.8, 4) is 5.75 Å². The lowest BCUT2D eigenvalue weighted by atomic mass is 10.1. The highest BCUT2D eigenvalue weighted by molar-refractivity contribution is 6.42. The van der Waals surface area contributed by atoms with E-state index < -0.39 is 5.91 Å². The molecule has 0 saturated heterocycles. The van der Waals surface area contributed by atoms with Crippen molar-refractivity contribution in [3.63, 3.8) is 0 Å². The van der Waals surface area contributed by atoms with Gasteiger partial charge in [0.25, 0.3) is 5.91 Å². The number of halogens is 3. The number of hydrogen-bond acceptors (Lipinski definition) is 2. The van der Waals surface area contributed by atoms with E-state index in [0.29, 0.717) is 5.02 Å². The van der Waals surface area contributed by atoms with Gasteiger partial charge in [0.15, 0.2) is 0 Å². The molecule has 0 aliphatic heterocycles. The molecular weight excluding hydrogens is 357 g/mol. The maximum absolute atomic E-state index is 12.4. The van der Waals surface area contributed by atoms with Crippen molar-refractivity contribution in [1.82, 2.24) is 0 Å². The van der Waals surface area contributed by atoms with Crippen LogP contribution in [0.15, 0.2) is 48.5 Å². The van der Waals surface area contributed by atoms with Crippen molar-refractivity contribution in [2.24, 2.45) is 0 Å². The van der Waals surface area contributed by atoms with E-state index >= 15 is 0 Å². The molecule has 3 nitrogen and oxygen atoms in total. The van der Waals surface area contributed by atoms with Gasteiger partial charge < -0.3 is 10.4 Å². The zero-order valence-electron chi connectivity index (χ0n) is 11.6. The van der Waals surface area contributed by atoms with Gasteiger partial charge in [-0.1, -0.05) is 59.1 Å². The number of hydrogen-bond donors (Lipinski definition) is 2. The number of carbonyl (C=O) groups excluding carboxylic acids is 1. The van der Waals surface area contributed by atoms with Crippen LogP contribution in [-0.4, -0.2) is 11.0 Å². The summed E-state index contributed by atoms with van der Waals surface area (Å²) in [6, 6.07) is 13.5. The van der Waals surface area contributed by atoms with Gasteiger partial charge in [0.2, 0.25) is 0 Å². The normalized spacial score (nSPS) is 10.7. The third-order valence-corrected chi connectivity index (χ3v) is 4.17. The summed E-state index contributed by atoms with van der Waals surface area (Å²) in [7, 11) is 0. The molecule has 1 amide bonds. The minimum Gasteiger partial charge on any atom is -0.507 e. The van der Waals surface area contributed by atoms with E-state index in [4.69, 9.17) is 34.8 Å². The van der Waals surface area contributed by atoms with Crippen molar-refractivity contribution in [3.05, 3.63) is 69.2 Å². The first-order valence-electron chi connectivity index (χ1n) is 6.63. The molecule has 0 heterocycles. The molecule has 2 N–H and O–H groups in total. The Morgan fingerprint density at radius 3 is 2.09 bits per heavy atom. The molecule has 0 bridgehead atoms. The summed E-state index contributed by atoms with van der Waals surface area (Å²) in [5.74, 6) is -0.637. The topological polar surface area (TPSA) is 49.3 Å². The molecule has 0 unspecified atom stereocenters. The Hall–Kier alpha value is -1.94. The Labute approximate surface area is 147 Å². The van der Waals surface area contributed by atoms with Gasteiger partial charge in [-0.15, -0.1) is 0 Å². The van der Waals surface area contributed by atoms with Crippen molar-refractivity contribution in [2.45, 2.75) is 0 Å². The standard InChI is InChI=1S/C17H10Cl3NO2/c18-11-7-13(19)16(14(20)8-11)21-17(23)12-5-9-3-1-2-4-10(9)6-15(12)22/h1-8,22H,(H,21,23). The van der Waals surface area contributed by atoms with E-state index in [0.717, 1.165) is 10.8 Å². The molecule has 23 heavy (non-hydrogen) atoms. The maximum atomic E-state index is 12.4. The van der Waals surface area contributed by atoms with Crippen LogP contribution in [0.5, 0.6) is 5.75 Å². The smallest absolute Gasteiger partial charge is 0.259 e. The van der Waals surface area contributed by atoms with Gasteiger partial charge >= 0.3 is 0 Å². The summed E-state index contributed by atoms with van der Waals surface area (Å²) in [5, 5.41) is 15.2. The van der Waals surface area contributed by atoms with Crippen LogP contribution in [0.2, 0.25) is 15.1 Å². The number of nitrogens with one attached hydrogen (secondary N) is 1. The molecule has 0 saturated carbocycles. The number of fused-ring (bicyclic) bond motifs is 1. The Morgan fingerprint density at radius 2 is 1.48 bits per heavy atom. The molecule has 0 spiro atoms. The molecule has 3 aromatic carbocycles. The minimum absolute atomic E-state index is 0.123. The van der Waals surface area contributed by atoms with E-state index in [1.54, 1.807) is 6.07 Å². The first-order valence-corrected chi connectivity index (χ1v) is 7.77. The van der Waals surface area contributed by atoms with Crippen molar-refractivity contribution < 1.29 is 9.90 Å². The van der Waals surface area contributed by atoms with Crippen LogP contribution in [-0.2, 0) is 0 Å². The molecule has 0 radical (unpaired) electrons. The molecule has 0 aliphatic rings. The highest BCUT2D eigenvalue weighted by Gasteiger charge is 2.16.